The van der Waals surface area contributed by atoms with E-state index >= 15 is 0 Å². The van der Waals surface area contributed by atoms with Crippen molar-refractivity contribution in [2.45, 2.75) is 44.7 Å². The number of hydrogen-bond acceptors (Lipinski definition) is 5. The van der Waals surface area contributed by atoms with E-state index in [1.54, 1.807) is 49.4 Å². The molecule has 202 valence electrons. The minimum absolute atomic E-state index is 0.0397. The van der Waals surface area contributed by atoms with Gasteiger partial charge in [0.15, 0.2) is 0 Å². The average molecular weight is 538 g/mol. The Morgan fingerprint density at radius 3 is 2.24 bits per heavy atom. The van der Waals surface area contributed by atoms with Gasteiger partial charge in [0.2, 0.25) is 11.8 Å². The highest BCUT2D eigenvalue weighted by Gasteiger charge is 2.33. The molecular weight excluding hydrogens is 502 g/mol. The molecule has 1 N–H and O–H groups in total. The number of anilines is 1. The quantitative estimate of drug-likeness (QED) is 0.375. The number of para-hydroxylation sites is 2. The Morgan fingerprint density at radius 2 is 1.58 bits per heavy atom. The zero-order valence-electron chi connectivity index (χ0n) is 22.3. The monoisotopic (exact) mass is 537 g/mol. The summed E-state index contributed by atoms with van der Waals surface area (Å²) >= 11 is 0. The van der Waals surface area contributed by atoms with Crippen LogP contribution in [0, 0.1) is 6.92 Å². The number of hydrogen-bond donors (Lipinski definition) is 1. The summed E-state index contributed by atoms with van der Waals surface area (Å²) in [5.41, 5.74) is 2.06. The summed E-state index contributed by atoms with van der Waals surface area (Å²) in [6.07, 6.45) is 0.751. The van der Waals surface area contributed by atoms with Crippen LogP contribution in [0.4, 0.5) is 5.69 Å². The summed E-state index contributed by atoms with van der Waals surface area (Å²) in [6, 6.07) is 21.3. The standard InChI is InChI=1S/C29H35N3O5S/c1-5-19-30-29(34)23(3)31(20-24-14-10-9-13-22(24)2)28(33)21-32(26-17-11-12-18-27(26)37-4)38(35,36)25-15-7-6-8-16-25/h6-18,23H,5,19-21H2,1-4H3,(H,30,34)/t23-/m1/s1. The Balaban J connectivity index is 2.05. The molecule has 0 saturated carbocycles. The third kappa shape index (κ3) is 6.72. The molecule has 3 aromatic rings. The van der Waals surface area contributed by atoms with Crippen LogP contribution in [0.3, 0.4) is 0 Å². The predicted molar refractivity (Wildman–Crippen MR) is 148 cm³/mol. The van der Waals surface area contributed by atoms with Crippen LogP contribution < -0.4 is 14.4 Å². The number of carbonyl (C=O) groups is 2. The fourth-order valence-corrected chi connectivity index (χ4v) is 5.46. The van der Waals surface area contributed by atoms with Gasteiger partial charge in [-0.1, -0.05) is 61.5 Å². The van der Waals surface area contributed by atoms with E-state index in [2.05, 4.69) is 5.32 Å². The van der Waals surface area contributed by atoms with Crippen LogP contribution in [0.1, 0.15) is 31.4 Å². The molecule has 0 unspecified atom stereocenters. The molecule has 0 bridgehead atoms. The molecule has 1 atom stereocenters. The van der Waals surface area contributed by atoms with Crippen molar-refractivity contribution in [1.82, 2.24) is 10.2 Å². The number of benzene rings is 3. The fourth-order valence-electron chi connectivity index (χ4n) is 4.02. The number of nitrogens with one attached hydrogen (secondary N) is 1. The molecule has 2 amide bonds. The molecule has 3 aromatic carbocycles. The predicted octanol–water partition coefficient (Wildman–Crippen LogP) is 4.14. The highest BCUT2D eigenvalue weighted by Crippen LogP contribution is 2.32. The maximum atomic E-state index is 13.9. The van der Waals surface area contributed by atoms with Gasteiger partial charge < -0.3 is 15.0 Å². The molecule has 0 radical (unpaired) electrons. The third-order valence-corrected chi connectivity index (χ3v) is 8.06. The lowest BCUT2D eigenvalue weighted by molar-refractivity contribution is -0.139. The van der Waals surface area contributed by atoms with Crippen LogP contribution in [-0.4, -0.2) is 51.4 Å². The van der Waals surface area contributed by atoms with E-state index < -0.39 is 28.5 Å². The number of sulfonamides is 1. The first-order valence-corrected chi connectivity index (χ1v) is 14.0. The summed E-state index contributed by atoms with van der Waals surface area (Å²) in [7, 11) is -2.71. The van der Waals surface area contributed by atoms with Gasteiger partial charge in [0.1, 0.15) is 18.3 Å². The van der Waals surface area contributed by atoms with Gasteiger partial charge in [0.25, 0.3) is 10.0 Å². The fraction of sp³-hybridized carbons (Fsp3) is 0.310. The second-order valence-electron chi connectivity index (χ2n) is 8.91. The van der Waals surface area contributed by atoms with E-state index in [0.29, 0.717) is 12.3 Å². The normalized spacial score (nSPS) is 11.9. The highest BCUT2D eigenvalue weighted by atomic mass is 32.2. The van der Waals surface area contributed by atoms with Crippen LogP contribution in [-0.2, 0) is 26.2 Å². The lowest BCUT2D eigenvalue weighted by atomic mass is 10.1. The summed E-state index contributed by atoms with van der Waals surface area (Å²) in [5, 5.41) is 2.84. The molecule has 0 aliphatic heterocycles. The lowest BCUT2D eigenvalue weighted by Crippen LogP contribution is -2.51. The minimum Gasteiger partial charge on any atom is -0.495 e. The third-order valence-electron chi connectivity index (χ3n) is 6.28. The van der Waals surface area contributed by atoms with E-state index in [1.165, 1.54) is 24.1 Å². The van der Waals surface area contributed by atoms with Gasteiger partial charge in [-0.2, -0.15) is 0 Å². The van der Waals surface area contributed by atoms with Crippen molar-refractivity contribution in [2.75, 3.05) is 24.5 Å². The second-order valence-corrected chi connectivity index (χ2v) is 10.8. The molecule has 0 fully saturated rings. The van der Waals surface area contributed by atoms with Crippen molar-refractivity contribution in [2.24, 2.45) is 0 Å². The first-order valence-electron chi connectivity index (χ1n) is 12.5. The molecule has 0 aromatic heterocycles. The molecular formula is C29H35N3O5S. The Morgan fingerprint density at radius 1 is 0.947 bits per heavy atom. The zero-order chi connectivity index (χ0) is 27.7. The topological polar surface area (TPSA) is 96.0 Å². The van der Waals surface area contributed by atoms with Crippen LogP contribution >= 0.6 is 0 Å². The van der Waals surface area contributed by atoms with Crippen LogP contribution in [0.15, 0.2) is 83.8 Å². The smallest absolute Gasteiger partial charge is 0.264 e. The number of methoxy groups -OCH3 is 1. The number of ether oxygens (including phenoxy) is 1. The Labute approximate surface area is 225 Å². The van der Waals surface area contributed by atoms with Gasteiger partial charge in [-0.15, -0.1) is 0 Å². The average Bonchev–Trinajstić information content (AvgIpc) is 2.94. The van der Waals surface area contributed by atoms with E-state index in [4.69, 9.17) is 4.74 Å². The number of amides is 2. The summed E-state index contributed by atoms with van der Waals surface area (Å²) in [6.45, 7) is 5.64. The first kappa shape index (κ1) is 28.7. The van der Waals surface area contributed by atoms with E-state index in [9.17, 15) is 18.0 Å². The van der Waals surface area contributed by atoms with Crippen molar-refractivity contribution in [3.8, 4) is 5.75 Å². The van der Waals surface area contributed by atoms with Crippen molar-refractivity contribution < 1.29 is 22.7 Å². The number of carbonyl (C=O) groups excluding carboxylic acids is 2. The van der Waals surface area contributed by atoms with Gasteiger partial charge in [-0.25, -0.2) is 8.42 Å². The second kappa shape index (κ2) is 13.1. The molecule has 3 rings (SSSR count). The van der Waals surface area contributed by atoms with Crippen LogP contribution in [0.5, 0.6) is 5.75 Å². The maximum absolute atomic E-state index is 13.9. The molecule has 0 saturated heterocycles. The van der Waals surface area contributed by atoms with Gasteiger partial charge in [-0.3, -0.25) is 13.9 Å². The Hall–Kier alpha value is -3.85. The largest absolute Gasteiger partial charge is 0.495 e. The molecule has 8 nitrogen and oxygen atoms in total. The maximum Gasteiger partial charge on any atom is 0.264 e. The van der Waals surface area contributed by atoms with Crippen molar-refractivity contribution in [3.05, 3.63) is 90.0 Å². The molecule has 0 heterocycles. The van der Waals surface area contributed by atoms with Gasteiger partial charge in [0.05, 0.1) is 17.7 Å². The number of aryl methyl sites for hydroxylation is 1. The summed E-state index contributed by atoms with van der Waals surface area (Å²) < 4.78 is 34.2. The number of nitrogens with zero attached hydrogens (tertiary/aromatic N) is 2. The summed E-state index contributed by atoms with van der Waals surface area (Å²) in [4.78, 5) is 28.3. The lowest BCUT2D eigenvalue weighted by Gasteiger charge is -2.32. The van der Waals surface area contributed by atoms with Gasteiger partial charge in [0, 0.05) is 13.1 Å². The molecule has 0 aliphatic rings. The Bertz CT molecular complexity index is 1350. The van der Waals surface area contributed by atoms with Crippen molar-refractivity contribution >= 4 is 27.5 Å². The van der Waals surface area contributed by atoms with Crippen LogP contribution in [0.2, 0.25) is 0 Å². The zero-order valence-corrected chi connectivity index (χ0v) is 23.1. The summed E-state index contributed by atoms with van der Waals surface area (Å²) in [5.74, 6) is -0.514. The first-order chi connectivity index (χ1) is 18.2. The molecule has 9 heteroatoms. The molecule has 38 heavy (non-hydrogen) atoms. The van der Waals surface area contributed by atoms with E-state index in [0.717, 1.165) is 21.9 Å². The van der Waals surface area contributed by atoms with Gasteiger partial charge in [-0.05, 0) is 55.7 Å². The van der Waals surface area contributed by atoms with Gasteiger partial charge >= 0.3 is 0 Å². The van der Waals surface area contributed by atoms with Crippen molar-refractivity contribution in [3.63, 3.8) is 0 Å². The van der Waals surface area contributed by atoms with E-state index in [1.807, 2.05) is 38.1 Å². The van der Waals surface area contributed by atoms with E-state index in [-0.39, 0.29) is 23.0 Å². The van der Waals surface area contributed by atoms with Crippen LogP contribution in [0.25, 0.3) is 0 Å². The SMILES string of the molecule is CCCNC(=O)[C@@H](C)N(Cc1ccccc1C)C(=O)CN(c1ccccc1OC)S(=O)(=O)c1ccccc1. The Kier molecular flexibility index (Phi) is 9.90. The number of rotatable bonds is 12. The highest BCUT2D eigenvalue weighted by molar-refractivity contribution is 7.92. The molecule has 0 aliphatic carbocycles. The van der Waals surface area contributed by atoms with Crippen molar-refractivity contribution in [1.29, 1.82) is 0 Å². The molecule has 0 spiro atoms. The minimum atomic E-state index is -4.15.